The summed E-state index contributed by atoms with van der Waals surface area (Å²) in [6.07, 6.45) is 2.10. The lowest BCUT2D eigenvalue weighted by atomic mass is 10.2. The van der Waals surface area contributed by atoms with E-state index in [1.165, 1.54) is 4.68 Å². The zero-order chi connectivity index (χ0) is 24.9. The summed E-state index contributed by atoms with van der Waals surface area (Å²) in [6.45, 7) is 8.50. The molecule has 182 valence electrons. The number of nitrogens with zero attached hydrogens (tertiary/aromatic N) is 4. The quantitative estimate of drug-likeness (QED) is 0.367. The average Bonchev–Trinajstić information content (AvgIpc) is 3.23. The van der Waals surface area contributed by atoms with Gasteiger partial charge in [-0.05, 0) is 57.0 Å². The minimum atomic E-state index is -0.776. The molecule has 1 atom stereocenters. The molecule has 0 radical (unpaired) electrons. The second-order valence-corrected chi connectivity index (χ2v) is 8.63. The van der Waals surface area contributed by atoms with Crippen LogP contribution >= 0.6 is 0 Å². The molecule has 8 nitrogen and oxygen atoms in total. The molecule has 1 amide bonds. The van der Waals surface area contributed by atoms with Gasteiger partial charge in [0.25, 0.3) is 5.56 Å². The third-order valence-corrected chi connectivity index (χ3v) is 6.04. The van der Waals surface area contributed by atoms with Gasteiger partial charge in [0.05, 0.1) is 29.1 Å². The van der Waals surface area contributed by atoms with Crippen molar-refractivity contribution in [2.24, 2.45) is 0 Å². The van der Waals surface area contributed by atoms with Crippen LogP contribution in [0.1, 0.15) is 49.7 Å². The number of nitrogens with one attached hydrogen (secondary N) is 1. The summed E-state index contributed by atoms with van der Waals surface area (Å²) >= 11 is 0. The number of fused-ring (bicyclic) bond motifs is 1. The molecule has 0 spiro atoms. The Balaban J connectivity index is 1.52. The van der Waals surface area contributed by atoms with Gasteiger partial charge in [0, 0.05) is 6.54 Å². The first kappa shape index (κ1) is 24.2. The van der Waals surface area contributed by atoms with Crippen LogP contribution in [0, 0.1) is 13.8 Å². The first-order valence-corrected chi connectivity index (χ1v) is 11.9. The maximum atomic E-state index is 13.4. The van der Waals surface area contributed by atoms with Crippen LogP contribution in [0.2, 0.25) is 0 Å². The Bertz CT molecular complexity index is 1370. The van der Waals surface area contributed by atoms with Gasteiger partial charge in [0.2, 0.25) is 5.91 Å². The van der Waals surface area contributed by atoms with Gasteiger partial charge >= 0.3 is 0 Å². The second kappa shape index (κ2) is 10.5. The summed E-state index contributed by atoms with van der Waals surface area (Å²) in [5.41, 5.74) is 3.32. The highest BCUT2D eigenvalue weighted by Crippen LogP contribution is 2.21. The topological polar surface area (TPSA) is 91.0 Å². The number of rotatable bonds is 9. The van der Waals surface area contributed by atoms with E-state index in [2.05, 4.69) is 22.4 Å². The van der Waals surface area contributed by atoms with Gasteiger partial charge in [-0.2, -0.15) is 10.2 Å². The van der Waals surface area contributed by atoms with Crippen LogP contribution in [0.5, 0.6) is 5.75 Å². The molecule has 2 aromatic heterocycles. The van der Waals surface area contributed by atoms with Crippen molar-refractivity contribution in [3.63, 3.8) is 0 Å². The van der Waals surface area contributed by atoms with Gasteiger partial charge < -0.3 is 10.1 Å². The number of amides is 1. The molecule has 0 aliphatic heterocycles. The number of aromatic nitrogens is 4. The Morgan fingerprint density at radius 2 is 1.77 bits per heavy atom. The highest BCUT2D eigenvalue weighted by molar-refractivity contribution is 5.84. The molecule has 4 rings (SSSR count). The fraction of sp³-hybridized carbons (Fsp3) is 0.333. The fourth-order valence-corrected chi connectivity index (χ4v) is 3.95. The van der Waals surface area contributed by atoms with Gasteiger partial charge in [0.1, 0.15) is 17.3 Å². The molecule has 0 aliphatic rings. The van der Waals surface area contributed by atoms with Crippen LogP contribution in [-0.2, 0) is 11.3 Å². The first-order valence-electron chi connectivity index (χ1n) is 11.9. The number of carbonyl (C=O) groups excluding carboxylic acids is 1. The van der Waals surface area contributed by atoms with E-state index >= 15 is 0 Å². The Morgan fingerprint density at radius 1 is 1.06 bits per heavy atom. The van der Waals surface area contributed by atoms with E-state index < -0.39 is 6.04 Å². The van der Waals surface area contributed by atoms with E-state index in [0.29, 0.717) is 35.4 Å². The number of unbranched alkanes of at least 4 members (excludes halogenated alkanes) is 1. The molecule has 4 aromatic rings. The number of hydrogen-bond acceptors (Lipinski definition) is 5. The molecule has 2 heterocycles. The number of hydrogen-bond donors (Lipinski definition) is 1. The molecule has 0 bridgehead atoms. The van der Waals surface area contributed by atoms with Crippen molar-refractivity contribution in [1.82, 2.24) is 24.9 Å². The van der Waals surface area contributed by atoms with E-state index in [1.54, 1.807) is 18.5 Å². The second-order valence-electron chi connectivity index (χ2n) is 8.63. The van der Waals surface area contributed by atoms with Gasteiger partial charge in [-0.15, -0.1) is 0 Å². The molecule has 0 saturated carbocycles. The van der Waals surface area contributed by atoms with E-state index in [9.17, 15) is 9.59 Å². The van der Waals surface area contributed by atoms with Crippen LogP contribution in [-0.4, -0.2) is 32.1 Å². The number of carbonyl (C=O) groups is 1. The van der Waals surface area contributed by atoms with Gasteiger partial charge in [-0.3, -0.25) is 9.59 Å². The summed E-state index contributed by atoms with van der Waals surface area (Å²) in [5.74, 6) is 0.530. The van der Waals surface area contributed by atoms with Crippen LogP contribution in [0.25, 0.3) is 16.6 Å². The van der Waals surface area contributed by atoms with Crippen molar-refractivity contribution in [2.75, 3.05) is 6.61 Å². The summed E-state index contributed by atoms with van der Waals surface area (Å²) in [6, 6.07) is 16.5. The SMILES string of the molecule is CCCCOc1ccc(CNC(=O)[C@@H](C)n2nc(C)c3nn(-c4ccccc4)c(C)c3c2=O)cc1. The molecule has 0 fully saturated rings. The molecular weight excluding hydrogens is 442 g/mol. The molecule has 1 N–H and O–H groups in total. The number of ether oxygens (including phenoxy) is 1. The van der Waals surface area contributed by atoms with Crippen LogP contribution in [0.4, 0.5) is 0 Å². The minimum Gasteiger partial charge on any atom is -0.494 e. The van der Waals surface area contributed by atoms with Gasteiger partial charge in [-0.25, -0.2) is 9.36 Å². The molecule has 0 aliphatic carbocycles. The third-order valence-electron chi connectivity index (χ3n) is 6.04. The molecule has 0 saturated heterocycles. The van der Waals surface area contributed by atoms with Crippen molar-refractivity contribution in [3.05, 3.63) is 81.9 Å². The van der Waals surface area contributed by atoms with E-state index in [4.69, 9.17) is 4.74 Å². The minimum absolute atomic E-state index is 0.283. The fourth-order valence-electron chi connectivity index (χ4n) is 3.95. The van der Waals surface area contributed by atoms with Crippen molar-refractivity contribution < 1.29 is 9.53 Å². The number of benzene rings is 2. The van der Waals surface area contributed by atoms with Gasteiger partial charge in [-0.1, -0.05) is 43.7 Å². The maximum Gasteiger partial charge on any atom is 0.278 e. The number of aryl methyl sites for hydroxylation is 2. The predicted octanol–water partition coefficient (Wildman–Crippen LogP) is 4.26. The molecule has 35 heavy (non-hydrogen) atoms. The van der Waals surface area contributed by atoms with Crippen LogP contribution in [0.3, 0.4) is 0 Å². The third kappa shape index (κ3) is 5.11. The predicted molar refractivity (Wildman–Crippen MR) is 136 cm³/mol. The smallest absolute Gasteiger partial charge is 0.278 e. The van der Waals surface area contributed by atoms with Crippen LogP contribution < -0.4 is 15.6 Å². The lowest BCUT2D eigenvalue weighted by Crippen LogP contribution is -2.37. The Hall–Kier alpha value is -3.94. The van der Waals surface area contributed by atoms with Crippen molar-refractivity contribution in [3.8, 4) is 11.4 Å². The van der Waals surface area contributed by atoms with Crippen molar-refractivity contribution in [1.29, 1.82) is 0 Å². The monoisotopic (exact) mass is 473 g/mol. The van der Waals surface area contributed by atoms with Crippen LogP contribution in [0.15, 0.2) is 59.4 Å². The molecular formula is C27H31N5O3. The highest BCUT2D eigenvalue weighted by atomic mass is 16.5. The zero-order valence-electron chi connectivity index (χ0n) is 20.6. The largest absolute Gasteiger partial charge is 0.494 e. The van der Waals surface area contributed by atoms with E-state index in [0.717, 1.165) is 29.8 Å². The maximum absolute atomic E-state index is 13.4. The summed E-state index contributed by atoms with van der Waals surface area (Å²) in [5, 5.41) is 12.4. The summed E-state index contributed by atoms with van der Waals surface area (Å²) in [4.78, 5) is 26.3. The lowest BCUT2D eigenvalue weighted by molar-refractivity contribution is -0.124. The van der Waals surface area contributed by atoms with Crippen molar-refractivity contribution >= 4 is 16.8 Å². The molecule has 0 unspecified atom stereocenters. The molecule has 2 aromatic carbocycles. The summed E-state index contributed by atoms with van der Waals surface area (Å²) in [7, 11) is 0. The van der Waals surface area contributed by atoms with Gasteiger partial charge in [0.15, 0.2) is 0 Å². The van der Waals surface area contributed by atoms with E-state index in [-0.39, 0.29) is 11.5 Å². The van der Waals surface area contributed by atoms with Crippen molar-refractivity contribution in [2.45, 2.75) is 53.1 Å². The Labute approximate surface area is 204 Å². The Morgan fingerprint density at radius 3 is 2.46 bits per heavy atom. The lowest BCUT2D eigenvalue weighted by Gasteiger charge is -2.15. The normalized spacial score (nSPS) is 12.0. The summed E-state index contributed by atoms with van der Waals surface area (Å²) < 4.78 is 8.67. The highest BCUT2D eigenvalue weighted by Gasteiger charge is 2.23. The average molecular weight is 474 g/mol. The Kier molecular flexibility index (Phi) is 7.29. The molecule has 8 heteroatoms. The first-order chi connectivity index (χ1) is 16.9. The zero-order valence-corrected chi connectivity index (χ0v) is 20.6. The standard InChI is InChI=1S/C27H31N5O3/c1-5-6-16-35-23-14-12-21(13-15-23)17-28-26(33)20(4)32-27(34)24-19(3)31(22-10-8-7-9-11-22)30-25(24)18(2)29-32/h7-15,20H,5-6,16-17H2,1-4H3,(H,28,33)/t20-/m1/s1. The number of para-hydroxylation sites is 1. The van der Waals surface area contributed by atoms with E-state index in [1.807, 2.05) is 61.5 Å².